The van der Waals surface area contributed by atoms with Crippen LogP contribution in [0.15, 0.2) is 42.5 Å². The summed E-state index contributed by atoms with van der Waals surface area (Å²) in [6.45, 7) is 0.153. The third kappa shape index (κ3) is 3.54. The molecule has 0 bridgehead atoms. The molecule has 3 rings (SSSR count). The minimum Gasteiger partial charge on any atom is -0.497 e. The van der Waals surface area contributed by atoms with Gasteiger partial charge in [0.2, 0.25) is 0 Å². The smallest absolute Gasteiger partial charge is 0.163 e. The van der Waals surface area contributed by atoms with E-state index in [2.05, 4.69) is 0 Å². The molecule has 0 spiro atoms. The summed E-state index contributed by atoms with van der Waals surface area (Å²) >= 11 is 0. The van der Waals surface area contributed by atoms with E-state index in [1.165, 1.54) is 0 Å². The van der Waals surface area contributed by atoms with Crippen LogP contribution in [0.4, 0.5) is 0 Å². The maximum atomic E-state index is 11.8. The molecule has 0 saturated heterocycles. The van der Waals surface area contributed by atoms with E-state index in [0.717, 1.165) is 29.5 Å². The van der Waals surface area contributed by atoms with E-state index in [-0.39, 0.29) is 12.4 Å². The molecule has 2 aromatic carbocycles. The van der Waals surface area contributed by atoms with Gasteiger partial charge in [-0.05, 0) is 54.3 Å². The first-order valence-electron chi connectivity index (χ1n) is 7.78. The molecule has 2 aromatic rings. The summed E-state index contributed by atoms with van der Waals surface area (Å²) in [5.74, 6) is 1.59. The molecule has 0 saturated carbocycles. The lowest BCUT2D eigenvalue weighted by Gasteiger charge is -2.17. The number of rotatable bonds is 5. The highest BCUT2D eigenvalue weighted by atomic mass is 16.5. The summed E-state index contributed by atoms with van der Waals surface area (Å²) in [6.07, 6.45) is 1.68. The minimum absolute atomic E-state index is 0.153. The number of hydrogen-bond donors (Lipinski definition) is 1. The number of carbonyl (C=O) groups is 1. The van der Waals surface area contributed by atoms with Crippen molar-refractivity contribution in [3.05, 3.63) is 59.2 Å². The zero-order valence-electron chi connectivity index (χ0n) is 13.1. The van der Waals surface area contributed by atoms with E-state index in [1.54, 1.807) is 19.2 Å². The Morgan fingerprint density at radius 1 is 1.13 bits per heavy atom. The van der Waals surface area contributed by atoms with Crippen molar-refractivity contribution in [1.29, 1.82) is 0 Å². The van der Waals surface area contributed by atoms with Gasteiger partial charge in [0, 0.05) is 12.0 Å². The largest absolute Gasteiger partial charge is 0.497 e. The number of aliphatic hydroxyl groups is 1. The summed E-state index contributed by atoms with van der Waals surface area (Å²) in [5.41, 5.74) is 2.59. The first-order chi connectivity index (χ1) is 11.2. The Balaban J connectivity index is 1.67. The number of ether oxygens (including phenoxy) is 2. The van der Waals surface area contributed by atoms with Crippen LogP contribution >= 0.6 is 0 Å². The molecule has 4 heteroatoms. The molecule has 1 N–H and O–H groups in total. The number of fused-ring (bicyclic) bond motifs is 1. The SMILES string of the molecule is COc1cccc(C(O)COc2ccc3c(c2)CCCC3=O)c1. The Morgan fingerprint density at radius 3 is 2.83 bits per heavy atom. The summed E-state index contributed by atoms with van der Waals surface area (Å²) in [4.78, 5) is 11.8. The molecular weight excluding hydrogens is 292 g/mol. The number of benzene rings is 2. The highest BCUT2D eigenvalue weighted by Crippen LogP contribution is 2.26. The first kappa shape index (κ1) is 15.6. The van der Waals surface area contributed by atoms with Crippen molar-refractivity contribution >= 4 is 5.78 Å². The standard InChI is InChI=1S/C19H20O4/c1-22-15-6-2-5-14(11-15)19(21)12-23-16-8-9-17-13(10-16)4-3-7-18(17)20/h2,5-6,8-11,19,21H,3-4,7,12H2,1H3. The summed E-state index contributed by atoms with van der Waals surface area (Å²) in [5, 5.41) is 10.2. The predicted octanol–water partition coefficient (Wildman–Crippen LogP) is 3.33. The van der Waals surface area contributed by atoms with Crippen LogP contribution in [0.1, 0.15) is 40.4 Å². The zero-order valence-corrected chi connectivity index (χ0v) is 13.1. The molecule has 4 nitrogen and oxygen atoms in total. The average molecular weight is 312 g/mol. The second-order valence-corrected chi connectivity index (χ2v) is 5.70. The maximum Gasteiger partial charge on any atom is 0.163 e. The molecule has 0 amide bonds. The number of Topliss-reactive ketones (excluding diaryl/α,β-unsaturated/α-hetero) is 1. The van der Waals surface area contributed by atoms with Crippen molar-refractivity contribution in [1.82, 2.24) is 0 Å². The first-order valence-corrected chi connectivity index (χ1v) is 7.78. The normalized spacial score (nSPS) is 15.0. The summed E-state index contributed by atoms with van der Waals surface area (Å²) in [6, 6.07) is 12.8. The number of ketones is 1. The van der Waals surface area contributed by atoms with E-state index < -0.39 is 6.10 Å². The predicted molar refractivity (Wildman–Crippen MR) is 87.2 cm³/mol. The number of methoxy groups -OCH3 is 1. The fourth-order valence-corrected chi connectivity index (χ4v) is 2.83. The number of aliphatic hydroxyl groups excluding tert-OH is 1. The van der Waals surface area contributed by atoms with Crippen LogP contribution < -0.4 is 9.47 Å². The molecule has 0 aliphatic heterocycles. The van der Waals surface area contributed by atoms with Gasteiger partial charge in [-0.15, -0.1) is 0 Å². The van der Waals surface area contributed by atoms with Gasteiger partial charge in [-0.1, -0.05) is 12.1 Å². The monoisotopic (exact) mass is 312 g/mol. The van der Waals surface area contributed by atoms with Crippen LogP contribution in [0.25, 0.3) is 0 Å². The number of hydrogen-bond acceptors (Lipinski definition) is 4. The molecule has 1 aliphatic carbocycles. The third-order valence-corrected chi connectivity index (χ3v) is 4.11. The van der Waals surface area contributed by atoms with E-state index >= 15 is 0 Å². The highest BCUT2D eigenvalue weighted by Gasteiger charge is 2.17. The van der Waals surface area contributed by atoms with Crippen LogP contribution in [-0.2, 0) is 6.42 Å². The summed E-state index contributed by atoms with van der Waals surface area (Å²) < 4.78 is 10.9. The van der Waals surface area contributed by atoms with Gasteiger partial charge in [0.1, 0.15) is 24.2 Å². The molecule has 0 fully saturated rings. The Hall–Kier alpha value is -2.33. The Kier molecular flexibility index (Phi) is 4.63. The lowest BCUT2D eigenvalue weighted by atomic mass is 9.90. The van der Waals surface area contributed by atoms with Crippen molar-refractivity contribution in [2.75, 3.05) is 13.7 Å². The average Bonchev–Trinajstić information content (AvgIpc) is 2.60. The fraction of sp³-hybridized carbons (Fsp3) is 0.316. The molecule has 0 heterocycles. The van der Waals surface area contributed by atoms with Gasteiger partial charge >= 0.3 is 0 Å². The van der Waals surface area contributed by atoms with Gasteiger partial charge in [-0.2, -0.15) is 0 Å². The van der Waals surface area contributed by atoms with Gasteiger partial charge in [0.25, 0.3) is 0 Å². The zero-order chi connectivity index (χ0) is 16.2. The second kappa shape index (κ2) is 6.84. The molecule has 23 heavy (non-hydrogen) atoms. The molecule has 0 aromatic heterocycles. The fourth-order valence-electron chi connectivity index (χ4n) is 2.83. The van der Waals surface area contributed by atoms with E-state index in [9.17, 15) is 9.90 Å². The topological polar surface area (TPSA) is 55.8 Å². The van der Waals surface area contributed by atoms with E-state index in [0.29, 0.717) is 17.9 Å². The molecule has 1 aliphatic rings. The van der Waals surface area contributed by atoms with Crippen LogP contribution in [0.3, 0.4) is 0 Å². The second-order valence-electron chi connectivity index (χ2n) is 5.70. The summed E-state index contributed by atoms with van der Waals surface area (Å²) in [7, 11) is 1.59. The molecule has 0 radical (unpaired) electrons. The van der Waals surface area contributed by atoms with Crippen molar-refractivity contribution < 1.29 is 19.4 Å². The van der Waals surface area contributed by atoms with Crippen LogP contribution in [-0.4, -0.2) is 24.6 Å². The lowest BCUT2D eigenvalue weighted by molar-refractivity contribution is 0.0971. The quantitative estimate of drug-likeness (QED) is 0.920. The van der Waals surface area contributed by atoms with Gasteiger partial charge in [-0.25, -0.2) is 0 Å². The van der Waals surface area contributed by atoms with Gasteiger partial charge in [0.05, 0.1) is 7.11 Å². The Morgan fingerprint density at radius 2 is 2.00 bits per heavy atom. The van der Waals surface area contributed by atoms with Crippen molar-refractivity contribution in [3.8, 4) is 11.5 Å². The highest BCUT2D eigenvalue weighted by molar-refractivity contribution is 5.98. The third-order valence-electron chi connectivity index (χ3n) is 4.11. The molecule has 1 atom stereocenters. The van der Waals surface area contributed by atoms with E-state index in [1.807, 2.05) is 30.3 Å². The van der Waals surface area contributed by atoms with Crippen molar-refractivity contribution in [2.45, 2.75) is 25.4 Å². The van der Waals surface area contributed by atoms with Crippen LogP contribution in [0.5, 0.6) is 11.5 Å². The van der Waals surface area contributed by atoms with Crippen molar-refractivity contribution in [3.63, 3.8) is 0 Å². The Bertz CT molecular complexity index is 708. The lowest BCUT2D eigenvalue weighted by Crippen LogP contribution is -2.12. The number of carbonyl (C=O) groups excluding carboxylic acids is 1. The van der Waals surface area contributed by atoms with E-state index in [4.69, 9.17) is 9.47 Å². The van der Waals surface area contributed by atoms with Crippen LogP contribution in [0, 0.1) is 0 Å². The molecule has 1 unspecified atom stereocenters. The Labute approximate surface area is 135 Å². The maximum absolute atomic E-state index is 11.8. The molecule has 120 valence electrons. The number of aryl methyl sites for hydroxylation is 1. The van der Waals surface area contributed by atoms with Gasteiger partial charge in [-0.3, -0.25) is 4.79 Å². The van der Waals surface area contributed by atoms with Gasteiger partial charge in [0.15, 0.2) is 5.78 Å². The minimum atomic E-state index is -0.734. The molecular formula is C19H20O4. The van der Waals surface area contributed by atoms with Crippen molar-refractivity contribution in [2.24, 2.45) is 0 Å². The van der Waals surface area contributed by atoms with Gasteiger partial charge < -0.3 is 14.6 Å². The van der Waals surface area contributed by atoms with Crippen LogP contribution in [0.2, 0.25) is 0 Å².